The number of aliphatic hydroxyl groups is 1. The van der Waals surface area contributed by atoms with E-state index in [2.05, 4.69) is 20.6 Å². The molecular weight excluding hydrogens is 260 g/mol. The smallest absolute Gasteiger partial charge is 0.0925 e. The van der Waals surface area contributed by atoms with Crippen LogP contribution in [-0.2, 0) is 5.75 Å². The van der Waals surface area contributed by atoms with Gasteiger partial charge in [-0.05, 0) is 26.3 Å². The number of hydrogen-bond acceptors (Lipinski definition) is 5. The Labute approximate surface area is 119 Å². The molecule has 1 aliphatic heterocycles. The second-order valence-corrected chi connectivity index (χ2v) is 6.31. The Morgan fingerprint density at radius 3 is 3.16 bits per heavy atom. The van der Waals surface area contributed by atoms with Crippen molar-refractivity contribution in [1.82, 2.24) is 20.6 Å². The molecule has 108 valence electrons. The molecule has 0 aliphatic carbocycles. The standard InChI is InChI=1S/C13H24N4OS/c1-11-12(17-10-16-11)7-19-6-5-15-9-13(18)3-2-4-14-8-13/h10,14-15,18H,2-9H2,1H3,(H,16,17). The third kappa shape index (κ3) is 4.80. The Bertz CT molecular complexity index is 376. The Kier molecular flexibility index (Phi) is 5.69. The van der Waals surface area contributed by atoms with E-state index < -0.39 is 5.60 Å². The summed E-state index contributed by atoms with van der Waals surface area (Å²) in [7, 11) is 0. The summed E-state index contributed by atoms with van der Waals surface area (Å²) in [5.74, 6) is 1.98. The monoisotopic (exact) mass is 284 g/mol. The summed E-state index contributed by atoms with van der Waals surface area (Å²) in [6, 6.07) is 0. The van der Waals surface area contributed by atoms with E-state index in [4.69, 9.17) is 0 Å². The van der Waals surface area contributed by atoms with Crippen molar-refractivity contribution in [2.75, 3.05) is 31.9 Å². The number of β-amino-alcohol motifs (C(OH)–C–C–N with tert-alkyl or cyclic N) is 1. The van der Waals surface area contributed by atoms with Gasteiger partial charge in [0, 0.05) is 36.8 Å². The molecule has 0 aromatic carbocycles. The molecule has 1 aromatic rings. The maximum absolute atomic E-state index is 10.3. The van der Waals surface area contributed by atoms with Crippen LogP contribution in [0, 0.1) is 6.92 Å². The van der Waals surface area contributed by atoms with Crippen molar-refractivity contribution in [3.8, 4) is 0 Å². The number of nitrogens with zero attached hydrogens (tertiary/aromatic N) is 1. The SMILES string of the molecule is Cc1[nH]cnc1CSCCNCC1(O)CCCNC1. The molecule has 6 heteroatoms. The summed E-state index contributed by atoms with van der Waals surface area (Å²) >= 11 is 1.87. The Balaban J connectivity index is 1.53. The maximum Gasteiger partial charge on any atom is 0.0925 e. The van der Waals surface area contributed by atoms with Gasteiger partial charge in [-0.1, -0.05) is 0 Å². The first-order chi connectivity index (χ1) is 9.20. The molecule has 1 fully saturated rings. The van der Waals surface area contributed by atoms with Crippen LogP contribution >= 0.6 is 11.8 Å². The minimum atomic E-state index is -0.554. The third-order valence-electron chi connectivity index (χ3n) is 3.50. The van der Waals surface area contributed by atoms with E-state index in [9.17, 15) is 5.11 Å². The van der Waals surface area contributed by atoms with Gasteiger partial charge < -0.3 is 20.7 Å². The average Bonchev–Trinajstić information content (AvgIpc) is 2.80. The third-order valence-corrected chi connectivity index (χ3v) is 4.47. The van der Waals surface area contributed by atoms with E-state index in [-0.39, 0.29) is 0 Å². The predicted molar refractivity (Wildman–Crippen MR) is 79.4 cm³/mol. The molecule has 5 nitrogen and oxygen atoms in total. The first-order valence-corrected chi connectivity index (χ1v) is 8.05. The van der Waals surface area contributed by atoms with Crippen molar-refractivity contribution >= 4 is 11.8 Å². The highest BCUT2D eigenvalue weighted by Crippen LogP contribution is 2.15. The second kappa shape index (κ2) is 7.28. The van der Waals surface area contributed by atoms with Crippen molar-refractivity contribution in [3.63, 3.8) is 0 Å². The van der Waals surface area contributed by atoms with Crippen LogP contribution in [0.15, 0.2) is 6.33 Å². The zero-order chi connectivity index (χ0) is 13.6. The minimum absolute atomic E-state index is 0.554. The first-order valence-electron chi connectivity index (χ1n) is 6.90. The number of aryl methyl sites for hydroxylation is 1. The largest absolute Gasteiger partial charge is 0.387 e. The molecule has 2 rings (SSSR count). The number of H-pyrrole nitrogens is 1. The van der Waals surface area contributed by atoms with Gasteiger partial charge in [-0.15, -0.1) is 0 Å². The molecular formula is C13H24N4OS. The number of imidazole rings is 1. The summed E-state index contributed by atoms with van der Waals surface area (Å²) in [4.78, 5) is 7.36. The molecule has 0 bridgehead atoms. The number of rotatable bonds is 7. The number of aromatic nitrogens is 2. The van der Waals surface area contributed by atoms with Gasteiger partial charge in [-0.2, -0.15) is 11.8 Å². The first kappa shape index (κ1) is 14.8. The number of hydrogen-bond donors (Lipinski definition) is 4. The van der Waals surface area contributed by atoms with E-state index >= 15 is 0 Å². The van der Waals surface area contributed by atoms with Crippen LogP contribution in [0.5, 0.6) is 0 Å². The average molecular weight is 284 g/mol. The molecule has 19 heavy (non-hydrogen) atoms. The number of thioether (sulfide) groups is 1. The highest BCUT2D eigenvalue weighted by molar-refractivity contribution is 7.98. The maximum atomic E-state index is 10.3. The van der Waals surface area contributed by atoms with Crippen molar-refractivity contribution in [3.05, 3.63) is 17.7 Å². The van der Waals surface area contributed by atoms with Crippen LogP contribution in [0.3, 0.4) is 0 Å². The van der Waals surface area contributed by atoms with Gasteiger partial charge >= 0.3 is 0 Å². The van der Waals surface area contributed by atoms with E-state index in [0.29, 0.717) is 13.1 Å². The molecule has 1 saturated heterocycles. The molecule has 4 N–H and O–H groups in total. The quantitative estimate of drug-likeness (QED) is 0.554. The lowest BCUT2D eigenvalue weighted by molar-refractivity contribution is 0.0177. The highest BCUT2D eigenvalue weighted by atomic mass is 32.2. The topological polar surface area (TPSA) is 73.0 Å². The lowest BCUT2D eigenvalue weighted by Crippen LogP contribution is -2.52. The number of nitrogens with one attached hydrogen (secondary N) is 3. The molecule has 1 aromatic heterocycles. The van der Waals surface area contributed by atoms with Gasteiger partial charge in [-0.3, -0.25) is 0 Å². The molecule has 0 saturated carbocycles. The van der Waals surface area contributed by atoms with Gasteiger partial charge in [0.1, 0.15) is 0 Å². The van der Waals surface area contributed by atoms with Crippen LogP contribution in [0.4, 0.5) is 0 Å². The molecule has 0 spiro atoms. The molecule has 1 unspecified atom stereocenters. The lowest BCUT2D eigenvalue weighted by Gasteiger charge is -2.32. The van der Waals surface area contributed by atoms with E-state index in [0.717, 1.165) is 48.8 Å². The summed E-state index contributed by atoms with van der Waals surface area (Å²) in [5.41, 5.74) is 1.74. The van der Waals surface area contributed by atoms with Gasteiger partial charge in [0.2, 0.25) is 0 Å². The highest BCUT2D eigenvalue weighted by Gasteiger charge is 2.28. The van der Waals surface area contributed by atoms with Crippen LogP contribution in [0.2, 0.25) is 0 Å². The Morgan fingerprint density at radius 1 is 1.58 bits per heavy atom. The fourth-order valence-corrected chi connectivity index (χ4v) is 3.19. The Morgan fingerprint density at radius 2 is 2.47 bits per heavy atom. The summed E-state index contributed by atoms with van der Waals surface area (Å²) in [5, 5.41) is 16.9. The summed E-state index contributed by atoms with van der Waals surface area (Å²) in [6.45, 7) is 5.39. The minimum Gasteiger partial charge on any atom is -0.387 e. The van der Waals surface area contributed by atoms with Gasteiger partial charge in [0.15, 0.2) is 0 Å². The summed E-state index contributed by atoms with van der Waals surface area (Å²) in [6.07, 6.45) is 3.70. The lowest BCUT2D eigenvalue weighted by atomic mass is 9.94. The Hall–Kier alpha value is -0.560. The van der Waals surface area contributed by atoms with Crippen molar-refractivity contribution in [2.45, 2.75) is 31.1 Å². The van der Waals surface area contributed by atoms with Crippen molar-refractivity contribution in [2.24, 2.45) is 0 Å². The predicted octanol–water partition coefficient (Wildman–Crippen LogP) is 0.655. The fraction of sp³-hybridized carbons (Fsp3) is 0.769. The summed E-state index contributed by atoms with van der Waals surface area (Å²) < 4.78 is 0. The second-order valence-electron chi connectivity index (χ2n) is 5.21. The van der Waals surface area contributed by atoms with E-state index in [1.807, 2.05) is 18.7 Å². The normalized spacial score (nSPS) is 23.7. The van der Waals surface area contributed by atoms with Gasteiger partial charge in [0.05, 0.1) is 17.6 Å². The van der Waals surface area contributed by atoms with Crippen LogP contribution < -0.4 is 10.6 Å². The molecule has 2 heterocycles. The molecule has 0 radical (unpaired) electrons. The van der Waals surface area contributed by atoms with Gasteiger partial charge in [0.25, 0.3) is 0 Å². The van der Waals surface area contributed by atoms with Crippen LogP contribution in [0.25, 0.3) is 0 Å². The van der Waals surface area contributed by atoms with E-state index in [1.54, 1.807) is 6.33 Å². The van der Waals surface area contributed by atoms with E-state index in [1.165, 1.54) is 0 Å². The van der Waals surface area contributed by atoms with Crippen molar-refractivity contribution < 1.29 is 5.11 Å². The zero-order valence-corrected chi connectivity index (χ0v) is 12.4. The van der Waals surface area contributed by atoms with Gasteiger partial charge in [-0.25, -0.2) is 4.98 Å². The number of piperidine rings is 1. The molecule has 1 aliphatic rings. The number of aromatic amines is 1. The molecule has 0 amide bonds. The molecule has 1 atom stereocenters. The fourth-order valence-electron chi connectivity index (χ4n) is 2.27. The van der Waals surface area contributed by atoms with Crippen LogP contribution in [-0.4, -0.2) is 52.6 Å². The zero-order valence-electron chi connectivity index (χ0n) is 11.5. The van der Waals surface area contributed by atoms with Crippen molar-refractivity contribution in [1.29, 1.82) is 0 Å². The van der Waals surface area contributed by atoms with Crippen LogP contribution in [0.1, 0.15) is 24.2 Å².